The zero-order valence-corrected chi connectivity index (χ0v) is 15.5. The van der Waals surface area contributed by atoms with E-state index in [-0.39, 0.29) is 0 Å². The highest BCUT2D eigenvalue weighted by molar-refractivity contribution is 6.35. The molecule has 0 spiro atoms. The first-order valence-electron chi connectivity index (χ1n) is 7.98. The van der Waals surface area contributed by atoms with Crippen LogP contribution in [-0.2, 0) is 4.79 Å². The number of carbonyl (C=O) groups is 1. The number of H-pyrrole nitrogens is 1. The molecule has 0 atom stereocenters. The van der Waals surface area contributed by atoms with Gasteiger partial charge in [0.15, 0.2) is 5.75 Å². The van der Waals surface area contributed by atoms with E-state index in [0.29, 0.717) is 38.9 Å². The van der Waals surface area contributed by atoms with Gasteiger partial charge < -0.3 is 19.3 Å². The second kappa shape index (κ2) is 6.48. The molecule has 1 N–H and O–H groups in total. The lowest BCUT2D eigenvalue weighted by Crippen LogP contribution is -2.15. The van der Waals surface area contributed by atoms with Crippen molar-refractivity contribution in [1.82, 2.24) is 19.7 Å². The Hall–Kier alpha value is -3.26. The number of methoxy groups -OCH3 is 2. The lowest BCUT2D eigenvalue weighted by molar-refractivity contribution is -0.140. The summed E-state index contributed by atoms with van der Waals surface area (Å²) in [5.74, 6) is 0.276. The van der Waals surface area contributed by atoms with Crippen LogP contribution in [0, 0.1) is 0 Å². The van der Waals surface area contributed by atoms with Gasteiger partial charge in [0.25, 0.3) is 5.88 Å². The number of carbonyl (C=O) groups excluding carboxylic acids is 1. The molecule has 0 fully saturated rings. The van der Waals surface area contributed by atoms with E-state index in [1.165, 1.54) is 25.9 Å². The molecule has 0 unspecified atom stereocenters. The molecule has 0 bridgehead atoms. The number of pyridine rings is 2. The van der Waals surface area contributed by atoms with Crippen molar-refractivity contribution in [2.45, 2.75) is 6.92 Å². The van der Waals surface area contributed by atoms with Crippen LogP contribution in [0.5, 0.6) is 11.6 Å². The van der Waals surface area contributed by atoms with Crippen LogP contribution in [0.2, 0.25) is 5.02 Å². The van der Waals surface area contributed by atoms with Gasteiger partial charge in [-0.25, -0.2) is 14.8 Å². The van der Waals surface area contributed by atoms with E-state index < -0.39 is 5.97 Å². The Morgan fingerprint density at radius 3 is 2.74 bits per heavy atom. The van der Waals surface area contributed by atoms with Crippen molar-refractivity contribution in [2.75, 3.05) is 14.2 Å². The first-order chi connectivity index (χ1) is 13.0. The zero-order valence-electron chi connectivity index (χ0n) is 14.7. The third kappa shape index (κ3) is 2.83. The summed E-state index contributed by atoms with van der Waals surface area (Å²) in [6, 6.07) is 5.28. The number of aromatic amines is 1. The number of hydrogen-bond acceptors (Lipinski definition) is 6. The fourth-order valence-corrected chi connectivity index (χ4v) is 3.13. The largest absolute Gasteiger partial charge is 0.491 e. The van der Waals surface area contributed by atoms with Crippen LogP contribution in [0.4, 0.5) is 0 Å². The number of nitrogens with zero attached hydrogens (tertiary/aromatic N) is 3. The Balaban J connectivity index is 2.00. The van der Waals surface area contributed by atoms with Crippen LogP contribution in [0.1, 0.15) is 6.92 Å². The van der Waals surface area contributed by atoms with Crippen molar-refractivity contribution in [3.8, 4) is 22.9 Å². The van der Waals surface area contributed by atoms with Crippen LogP contribution >= 0.6 is 11.6 Å². The van der Waals surface area contributed by atoms with Crippen LogP contribution in [0.3, 0.4) is 0 Å². The Kier molecular flexibility index (Phi) is 4.12. The topological polar surface area (TPSA) is 91.3 Å². The third-order valence-corrected chi connectivity index (χ3v) is 4.41. The molecule has 8 nitrogen and oxygen atoms in total. The van der Waals surface area contributed by atoms with Gasteiger partial charge in [0.2, 0.25) is 0 Å². The number of halogens is 1. The summed E-state index contributed by atoms with van der Waals surface area (Å²) in [5.41, 5.74) is 3.18. The molecule has 4 aromatic heterocycles. The Bertz CT molecular complexity index is 1180. The Morgan fingerprint density at radius 1 is 1.26 bits per heavy atom. The fourth-order valence-electron chi connectivity index (χ4n) is 2.93. The molecule has 4 aromatic rings. The molecule has 0 amide bonds. The maximum absolute atomic E-state index is 11.5. The lowest BCUT2D eigenvalue weighted by Gasteiger charge is -2.08. The first kappa shape index (κ1) is 17.2. The molecular weight excluding hydrogens is 372 g/mol. The van der Waals surface area contributed by atoms with Gasteiger partial charge in [-0.15, -0.1) is 0 Å². The molecule has 9 heteroatoms. The first-order valence-corrected chi connectivity index (χ1v) is 8.36. The van der Waals surface area contributed by atoms with Crippen molar-refractivity contribution in [2.24, 2.45) is 0 Å². The molecule has 0 aliphatic heterocycles. The van der Waals surface area contributed by atoms with Crippen molar-refractivity contribution in [3.05, 3.63) is 35.6 Å². The molecule has 0 aromatic carbocycles. The van der Waals surface area contributed by atoms with E-state index >= 15 is 0 Å². The van der Waals surface area contributed by atoms with E-state index in [1.807, 2.05) is 6.07 Å². The third-order valence-electron chi connectivity index (χ3n) is 4.08. The van der Waals surface area contributed by atoms with Gasteiger partial charge in [0.05, 0.1) is 31.1 Å². The summed E-state index contributed by atoms with van der Waals surface area (Å²) in [6.07, 6.45) is 3.29. The predicted octanol–water partition coefficient (Wildman–Crippen LogP) is 3.23. The van der Waals surface area contributed by atoms with Gasteiger partial charge in [-0.05, 0) is 12.1 Å². The number of aromatic nitrogens is 4. The maximum Gasteiger partial charge on any atom is 0.329 e. The number of rotatable bonds is 4. The summed E-state index contributed by atoms with van der Waals surface area (Å²) in [7, 11) is 3.02. The Labute approximate surface area is 158 Å². The fraction of sp³-hybridized carbons (Fsp3) is 0.167. The van der Waals surface area contributed by atoms with E-state index in [1.54, 1.807) is 24.5 Å². The minimum atomic E-state index is -0.463. The normalized spacial score (nSPS) is 11.1. The lowest BCUT2D eigenvalue weighted by atomic mass is 10.2. The predicted molar refractivity (Wildman–Crippen MR) is 100 cm³/mol. The standard InChI is InChI=1S/C18H15ClN4O4/c1-9(24)27-23-8-11(13-6-10-12(19)4-5-20-17(10)21-13)16-14(23)7-15(25-2)18(22-16)26-3/h4-8H,1-3H3,(H,20,21). The van der Waals surface area contributed by atoms with E-state index in [2.05, 4.69) is 15.0 Å². The van der Waals surface area contributed by atoms with E-state index in [9.17, 15) is 4.79 Å². The van der Waals surface area contributed by atoms with Crippen molar-refractivity contribution in [3.63, 3.8) is 0 Å². The van der Waals surface area contributed by atoms with E-state index in [4.69, 9.17) is 25.9 Å². The summed E-state index contributed by atoms with van der Waals surface area (Å²) >= 11 is 6.25. The SMILES string of the molecule is COc1cc2c(nc1OC)c(-c1cc3c(Cl)ccnc3[nH]1)cn2OC(C)=O. The quantitative estimate of drug-likeness (QED) is 0.579. The second-order valence-electron chi connectivity index (χ2n) is 5.76. The minimum absolute atomic E-state index is 0.319. The summed E-state index contributed by atoms with van der Waals surface area (Å²) in [4.78, 5) is 28.8. The monoisotopic (exact) mass is 386 g/mol. The maximum atomic E-state index is 11.5. The molecule has 27 heavy (non-hydrogen) atoms. The summed E-state index contributed by atoms with van der Waals surface area (Å²) < 4.78 is 12.0. The summed E-state index contributed by atoms with van der Waals surface area (Å²) in [5, 5.41) is 1.36. The van der Waals surface area contributed by atoms with Crippen LogP contribution in [-0.4, -0.2) is 39.9 Å². The number of fused-ring (bicyclic) bond motifs is 2. The number of hydrogen-bond donors (Lipinski definition) is 1. The highest BCUT2D eigenvalue weighted by Gasteiger charge is 2.20. The molecule has 0 radical (unpaired) electrons. The summed E-state index contributed by atoms with van der Waals surface area (Å²) in [6.45, 7) is 1.33. The average molecular weight is 387 g/mol. The highest BCUT2D eigenvalue weighted by Crippen LogP contribution is 2.36. The van der Waals surface area contributed by atoms with Crippen LogP contribution < -0.4 is 14.3 Å². The van der Waals surface area contributed by atoms with E-state index in [0.717, 1.165) is 11.1 Å². The van der Waals surface area contributed by atoms with Gasteiger partial charge >= 0.3 is 5.97 Å². The Morgan fingerprint density at radius 2 is 2.07 bits per heavy atom. The molecule has 4 heterocycles. The smallest absolute Gasteiger partial charge is 0.329 e. The van der Waals surface area contributed by atoms with Crippen molar-refractivity contribution >= 4 is 39.6 Å². The molecule has 0 saturated carbocycles. The molecule has 0 aliphatic carbocycles. The van der Waals surface area contributed by atoms with Crippen LogP contribution in [0.25, 0.3) is 33.3 Å². The molecule has 0 saturated heterocycles. The minimum Gasteiger partial charge on any atom is -0.491 e. The van der Waals surface area contributed by atoms with Gasteiger partial charge in [-0.1, -0.05) is 11.6 Å². The zero-order chi connectivity index (χ0) is 19.1. The van der Waals surface area contributed by atoms with Gasteiger partial charge in [-0.3, -0.25) is 0 Å². The molecule has 138 valence electrons. The number of nitrogens with one attached hydrogen (secondary N) is 1. The molecule has 4 rings (SSSR count). The van der Waals surface area contributed by atoms with Gasteiger partial charge in [0.1, 0.15) is 16.7 Å². The van der Waals surface area contributed by atoms with Gasteiger partial charge in [0, 0.05) is 30.1 Å². The van der Waals surface area contributed by atoms with Crippen molar-refractivity contribution < 1.29 is 19.1 Å². The molecule has 0 aliphatic rings. The van der Waals surface area contributed by atoms with Crippen LogP contribution in [0.15, 0.2) is 30.6 Å². The second-order valence-corrected chi connectivity index (χ2v) is 6.16. The van der Waals surface area contributed by atoms with Crippen molar-refractivity contribution in [1.29, 1.82) is 0 Å². The van der Waals surface area contributed by atoms with Gasteiger partial charge in [-0.2, -0.15) is 4.73 Å². The molecular formula is C18H15ClN4O4. The number of ether oxygens (including phenoxy) is 2. The highest BCUT2D eigenvalue weighted by atomic mass is 35.5. The average Bonchev–Trinajstić information content (AvgIpc) is 3.22.